The van der Waals surface area contributed by atoms with E-state index < -0.39 is 0 Å². The van der Waals surface area contributed by atoms with Crippen LogP contribution in [-0.4, -0.2) is 276 Å². The molecule has 0 aromatic carbocycles. The van der Waals surface area contributed by atoms with Crippen molar-refractivity contribution in [1.29, 1.82) is 0 Å². The predicted molar refractivity (Wildman–Crippen MR) is 248 cm³/mol. The van der Waals surface area contributed by atoms with Crippen LogP contribution in [0.1, 0.15) is 32.6 Å². The van der Waals surface area contributed by atoms with E-state index in [1.165, 1.54) is 19.3 Å². The third-order valence-corrected chi connectivity index (χ3v) is 8.45. The van der Waals surface area contributed by atoms with Gasteiger partial charge in [-0.15, -0.1) is 0 Å². The lowest BCUT2D eigenvalue weighted by Gasteiger charge is -2.09. The summed E-state index contributed by atoms with van der Waals surface area (Å²) in [7, 11) is 0. The minimum atomic E-state index is 0.0202. The fourth-order valence-corrected chi connectivity index (χ4v) is 4.98. The van der Waals surface area contributed by atoms with Gasteiger partial charge in [0.15, 0.2) is 0 Å². The van der Waals surface area contributed by atoms with Crippen molar-refractivity contribution in [2.75, 3.05) is 271 Å². The Labute approximate surface area is 402 Å². The highest BCUT2D eigenvalue weighted by atomic mass is 16.6. The van der Waals surface area contributed by atoms with Gasteiger partial charge >= 0.3 is 0 Å². The molecular weight excluding hydrogens is 888 g/mol. The number of ether oxygens (including phenoxy) is 20. The molecule has 0 spiro atoms. The highest BCUT2D eigenvalue weighted by Crippen LogP contribution is 1.99. The third kappa shape index (κ3) is 65.2. The molecule has 404 valence electrons. The maximum Gasteiger partial charge on any atom is 0.0701 e. The Hall–Kier alpha value is -0.840. The Balaban J connectivity index is 3.07. The predicted octanol–water partition coefficient (Wildman–Crippen LogP) is 1.89. The Bertz CT molecular complexity index is 779. The Morgan fingerprint density at radius 1 is 0.164 bits per heavy atom. The summed E-state index contributed by atoms with van der Waals surface area (Å²) in [6.45, 7) is 22.6. The molecule has 0 aliphatic carbocycles. The van der Waals surface area contributed by atoms with Crippen LogP contribution in [0.3, 0.4) is 0 Å². The summed E-state index contributed by atoms with van der Waals surface area (Å²) in [6, 6.07) is 0. The van der Waals surface area contributed by atoms with Crippen molar-refractivity contribution in [2.24, 2.45) is 0 Å². The first-order chi connectivity index (χ1) is 33.4. The van der Waals surface area contributed by atoms with Crippen LogP contribution in [0.2, 0.25) is 0 Å². The van der Waals surface area contributed by atoms with Crippen LogP contribution in [0.25, 0.3) is 0 Å². The summed E-state index contributed by atoms with van der Waals surface area (Å²) in [6.07, 6.45) is 4.87. The van der Waals surface area contributed by atoms with E-state index in [0.717, 1.165) is 13.0 Å². The summed E-state index contributed by atoms with van der Waals surface area (Å²) in [4.78, 5) is 0. The second-order valence-electron chi connectivity index (χ2n) is 14.0. The van der Waals surface area contributed by atoms with Crippen LogP contribution in [-0.2, 0) is 94.7 Å². The quantitative estimate of drug-likeness (QED) is 0.0865. The highest BCUT2D eigenvalue weighted by Gasteiger charge is 1.99. The lowest BCUT2D eigenvalue weighted by Crippen LogP contribution is -2.16. The van der Waals surface area contributed by atoms with Gasteiger partial charge in [0.05, 0.1) is 264 Å². The number of rotatable bonds is 64. The Morgan fingerprint density at radius 3 is 0.433 bits per heavy atom. The van der Waals surface area contributed by atoms with Crippen molar-refractivity contribution in [3.8, 4) is 0 Å². The van der Waals surface area contributed by atoms with Crippen LogP contribution in [0.4, 0.5) is 0 Å². The minimum Gasteiger partial charge on any atom is -0.394 e. The third-order valence-electron chi connectivity index (χ3n) is 8.45. The smallest absolute Gasteiger partial charge is 0.0701 e. The van der Waals surface area contributed by atoms with Gasteiger partial charge in [-0.2, -0.15) is 0 Å². The van der Waals surface area contributed by atoms with Gasteiger partial charge in [0.1, 0.15) is 0 Å². The van der Waals surface area contributed by atoms with Crippen molar-refractivity contribution < 1.29 is 99.8 Å². The molecular formula is C46H94O21. The van der Waals surface area contributed by atoms with E-state index >= 15 is 0 Å². The lowest BCUT2D eigenvalue weighted by atomic mass is 10.2. The average molecular weight is 983 g/mol. The summed E-state index contributed by atoms with van der Waals surface area (Å²) in [5, 5.41) is 8.60. The zero-order valence-corrected chi connectivity index (χ0v) is 41.4. The van der Waals surface area contributed by atoms with E-state index in [-0.39, 0.29) is 6.61 Å². The number of aliphatic hydroxyl groups excluding tert-OH is 1. The molecule has 67 heavy (non-hydrogen) atoms. The molecule has 0 bridgehead atoms. The number of aliphatic hydroxyl groups is 1. The van der Waals surface area contributed by atoms with Gasteiger partial charge in [-0.05, 0) is 6.42 Å². The second kappa shape index (κ2) is 65.2. The topological polar surface area (TPSA) is 205 Å². The zero-order valence-electron chi connectivity index (χ0n) is 41.4. The number of hydrogen-bond donors (Lipinski definition) is 1. The monoisotopic (exact) mass is 983 g/mol. The molecule has 0 aliphatic rings. The first-order valence-corrected chi connectivity index (χ1v) is 24.6. The van der Waals surface area contributed by atoms with Crippen molar-refractivity contribution >= 4 is 0 Å². The van der Waals surface area contributed by atoms with Gasteiger partial charge < -0.3 is 99.8 Å². The van der Waals surface area contributed by atoms with Crippen LogP contribution in [0.5, 0.6) is 0 Å². The van der Waals surface area contributed by atoms with Crippen molar-refractivity contribution in [3.05, 3.63) is 0 Å². The first kappa shape index (κ1) is 66.2. The normalized spacial score (nSPS) is 11.7. The highest BCUT2D eigenvalue weighted by molar-refractivity contribution is 4.43. The molecule has 1 N–H and O–H groups in total. The van der Waals surface area contributed by atoms with Gasteiger partial charge in [-0.3, -0.25) is 0 Å². The van der Waals surface area contributed by atoms with Crippen molar-refractivity contribution in [3.63, 3.8) is 0 Å². The maximum atomic E-state index is 8.60. The van der Waals surface area contributed by atoms with Gasteiger partial charge in [0.25, 0.3) is 0 Å². The lowest BCUT2D eigenvalue weighted by molar-refractivity contribution is -0.0315. The minimum absolute atomic E-state index is 0.0202. The van der Waals surface area contributed by atoms with E-state index in [4.69, 9.17) is 99.8 Å². The molecule has 0 heterocycles. The largest absolute Gasteiger partial charge is 0.394 e. The fourth-order valence-electron chi connectivity index (χ4n) is 4.98. The molecule has 0 radical (unpaired) electrons. The van der Waals surface area contributed by atoms with E-state index in [9.17, 15) is 0 Å². The van der Waals surface area contributed by atoms with Crippen molar-refractivity contribution in [2.45, 2.75) is 32.6 Å². The Morgan fingerprint density at radius 2 is 0.299 bits per heavy atom. The van der Waals surface area contributed by atoms with E-state index in [1.54, 1.807) is 0 Å². The number of hydrogen-bond acceptors (Lipinski definition) is 21. The molecule has 0 fully saturated rings. The summed E-state index contributed by atoms with van der Waals surface area (Å²) in [5.74, 6) is 0. The maximum absolute atomic E-state index is 8.60. The van der Waals surface area contributed by atoms with Crippen LogP contribution >= 0.6 is 0 Å². The summed E-state index contributed by atoms with van der Waals surface area (Å²) < 4.78 is 109. The van der Waals surface area contributed by atoms with Gasteiger partial charge in [-0.1, -0.05) is 26.2 Å². The molecule has 0 aliphatic heterocycles. The van der Waals surface area contributed by atoms with Crippen LogP contribution < -0.4 is 0 Å². The van der Waals surface area contributed by atoms with Gasteiger partial charge in [0.2, 0.25) is 0 Å². The second-order valence-corrected chi connectivity index (χ2v) is 14.0. The standard InChI is InChI=1S/C46H94O21/c1-2-3-4-5-7-48-9-11-50-13-15-52-17-19-54-21-23-56-25-27-58-29-31-60-33-35-62-37-39-64-41-43-66-45-46-67-44-42-65-40-38-63-36-34-61-32-30-59-28-26-57-24-22-55-20-18-53-16-14-51-12-10-49-8-6-47/h47H,2-46H2,1H3. The first-order valence-electron chi connectivity index (χ1n) is 24.6. The molecule has 0 atom stereocenters. The summed E-state index contributed by atoms with van der Waals surface area (Å²) in [5.41, 5.74) is 0. The van der Waals surface area contributed by atoms with E-state index in [2.05, 4.69) is 6.92 Å². The van der Waals surface area contributed by atoms with E-state index in [0.29, 0.717) is 258 Å². The fraction of sp³-hybridized carbons (Fsp3) is 1.00. The van der Waals surface area contributed by atoms with Crippen molar-refractivity contribution in [1.82, 2.24) is 0 Å². The molecule has 0 saturated heterocycles. The van der Waals surface area contributed by atoms with Gasteiger partial charge in [-0.25, -0.2) is 0 Å². The zero-order chi connectivity index (χ0) is 48.0. The molecule has 0 unspecified atom stereocenters. The SMILES string of the molecule is CCCCCCOCCOCCOCCOCCOCCOCCOCCOCCOCCOCCOCCOCCOCCOCCOCCOCCOCCOCCOCCOCCO. The molecule has 0 saturated carbocycles. The molecule has 0 aromatic rings. The molecule has 0 aromatic heterocycles. The van der Waals surface area contributed by atoms with Gasteiger partial charge in [0, 0.05) is 6.61 Å². The molecule has 21 heteroatoms. The number of unbranched alkanes of at least 4 members (excludes halogenated alkanes) is 3. The summed E-state index contributed by atoms with van der Waals surface area (Å²) >= 11 is 0. The van der Waals surface area contributed by atoms with Crippen LogP contribution in [0, 0.1) is 0 Å². The average Bonchev–Trinajstić information content (AvgIpc) is 3.34. The molecule has 0 amide bonds. The molecule has 21 nitrogen and oxygen atoms in total. The van der Waals surface area contributed by atoms with Crippen LogP contribution in [0.15, 0.2) is 0 Å². The van der Waals surface area contributed by atoms with E-state index in [1.807, 2.05) is 0 Å². The molecule has 0 rings (SSSR count). The Kier molecular flexibility index (Phi) is 64.3.